The molecular weight excluding hydrogens is 336 g/mol. The molecule has 13 heavy (non-hydrogen) atoms. The average Bonchev–Trinajstić information content (AvgIpc) is 2.22. The molecule has 1 heterocycles. The van der Waals surface area contributed by atoms with E-state index in [1.807, 2.05) is 0 Å². The molecule has 1 aliphatic carbocycles. The first-order valence-electron chi connectivity index (χ1n) is 4.55. The number of aliphatic hydroxyl groups is 1. The van der Waals surface area contributed by atoms with Crippen LogP contribution in [0, 0.1) is 18.4 Å². The van der Waals surface area contributed by atoms with E-state index in [9.17, 15) is 5.11 Å². The van der Waals surface area contributed by atoms with E-state index in [1.165, 1.54) is 0 Å². The van der Waals surface area contributed by atoms with Crippen LogP contribution in [0.1, 0.15) is 26.7 Å². The monoisotopic (exact) mass is 351 g/mol. The van der Waals surface area contributed by atoms with Crippen LogP contribution in [0.3, 0.4) is 0 Å². The summed E-state index contributed by atoms with van der Waals surface area (Å²) in [5, 5.41) is 9.99. The molecule has 1 N–H and O–H groups in total. The Morgan fingerprint density at radius 3 is 2.69 bits per heavy atom. The molecule has 74 valence electrons. The second kappa shape index (κ2) is 3.40. The summed E-state index contributed by atoms with van der Waals surface area (Å²) >= 11 is 0. The summed E-state index contributed by atoms with van der Waals surface area (Å²) in [4.78, 5) is 0. The molecule has 0 spiro atoms. The summed E-state index contributed by atoms with van der Waals surface area (Å²) in [6.07, 6.45) is 1.57. The number of ether oxygens (including phenoxy) is 1. The first-order valence-corrected chi connectivity index (χ1v) is 4.55. The molecule has 0 radical (unpaired) electrons. The Kier molecular flexibility index (Phi) is 2.94. The van der Waals surface area contributed by atoms with Gasteiger partial charge in [-0.25, -0.2) is 0 Å². The number of hydrogen-bond donors (Lipinski definition) is 1. The summed E-state index contributed by atoms with van der Waals surface area (Å²) < 4.78 is 5.42. The van der Waals surface area contributed by atoms with E-state index in [2.05, 4.69) is 13.8 Å². The van der Waals surface area contributed by atoms with Crippen LogP contribution >= 0.6 is 0 Å². The van der Waals surface area contributed by atoms with E-state index >= 15 is 0 Å². The molecule has 0 unspecified atom stereocenters. The third-order valence-electron chi connectivity index (χ3n) is 3.42. The molecule has 0 aromatic rings. The van der Waals surface area contributed by atoms with Crippen LogP contribution in [0.15, 0.2) is 5.76 Å². The largest absolute Gasteiger partial charge is 0.528 e. The number of fused-ring (bicyclic) bond motifs is 2. The molecule has 0 aromatic heterocycles. The topological polar surface area (TPSA) is 29.5 Å². The van der Waals surface area contributed by atoms with Crippen LogP contribution in [-0.2, 0) is 25.8 Å². The maximum Gasteiger partial charge on any atom is 0.0999 e. The maximum atomic E-state index is 9.99. The molecule has 1 aliphatic heterocycles. The molecule has 1 saturated carbocycles. The summed E-state index contributed by atoms with van der Waals surface area (Å²) in [5.41, 5.74) is -0.823. The van der Waals surface area contributed by atoms with E-state index in [-0.39, 0.29) is 27.2 Å². The first-order chi connectivity index (χ1) is 5.53. The zero-order valence-electron chi connectivity index (χ0n) is 7.99. The fraction of sp³-hybridized carbons (Fsp3) is 0.800. The van der Waals surface area contributed by atoms with Gasteiger partial charge in [-0.2, -0.15) is 0 Å². The van der Waals surface area contributed by atoms with Gasteiger partial charge in [-0.1, -0.05) is 19.6 Å². The van der Waals surface area contributed by atoms with Gasteiger partial charge < -0.3 is 16.4 Å². The summed E-state index contributed by atoms with van der Waals surface area (Å²) in [6.45, 7) is 9.93. The van der Waals surface area contributed by atoms with Crippen LogP contribution in [0.5, 0.6) is 0 Å². The van der Waals surface area contributed by atoms with Gasteiger partial charge in [0.05, 0.1) is 11.7 Å². The molecule has 3 heteroatoms. The Bertz CT molecular complexity index is 229. The van der Waals surface area contributed by atoms with Gasteiger partial charge in [0.25, 0.3) is 0 Å². The third kappa shape index (κ3) is 1.59. The van der Waals surface area contributed by atoms with Crippen molar-refractivity contribution in [2.45, 2.75) is 38.4 Å². The first kappa shape index (κ1) is 11.3. The van der Waals surface area contributed by atoms with Gasteiger partial charge in [-0.05, 0) is 18.3 Å². The molecule has 2 rings (SSSR count). The van der Waals surface area contributed by atoms with Crippen molar-refractivity contribution in [1.29, 1.82) is 0 Å². The van der Waals surface area contributed by atoms with Crippen molar-refractivity contribution >= 4 is 0 Å². The van der Waals surface area contributed by atoms with Gasteiger partial charge >= 0.3 is 0 Å². The van der Waals surface area contributed by atoms with Crippen LogP contribution in [0.25, 0.3) is 0 Å². The predicted molar refractivity (Wildman–Crippen MR) is 45.2 cm³/mol. The van der Waals surface area contributed by atoms with Gasteiger partial charge in [-0.3, -0.25) is 0 Å². The van der Waals surface area contributed by atoms with Crippen LogP contribution < -0.4 is 0 Å². The number of hydrogen-bond acceptors (Lipinski definition) is 2. The summed E-state index contributed by atoms with van der Waals surface area (Å²) in [5.74, 6) is 1.34. The molecule has 2 aliphatic rings. The molecule has 0 amide bonds. The summed E-state index contributed by atoms with van der Waals surface area (Å²) in [6, 6.07) is 0. The minimum atomic E-state index is -0.823. The van der Waals surface area contributed by atoms with Gasteiger partial charge in [-0.15, -0.1) is 0 Å². The van der Waals surface area contributed by atoms with Gasteiger partial charge in [0.1, 0.15) is 0 Å². The predicted octanol–water partition coefficient (Wildman–Crippen LogP) is 1.50. The molecular formula is C10H15O2W-. The summed E-state index contributed by atoms with van der Waals surface area (Å²) in [7, 11) is 0. The van der Waals surface area contributed by atoms with Crippen molar-refractivity contribution in [2.24, 2.45) is 11.8 Å². The van der Waals surface area contributed by atoms with Crippen molar-refractivity contribution in [3.8, 4) is 0 Å². The van der Waals surface area contributed by atoms with E-state index in [4.69, 9.17) is 11.3 Å². The Balaban J connectivity index is 0.000000845. The Morgan fingerprint density at radius 2 is 2.08 bits per heavy atom. The van der Waals surface area contributed by atoms with Crippen molar-refractivity contribution in [3.05, 3.63) is 12.3 Å². The van der Waals surface area contributed by atoms with Crippen LogP contribution in [-0.4, -0.2) is 16.8 Å². The zero-order valence-corrected chi connectivity index (χ0v) is 10.9. The van der Waals surface area contributed by atoms with Crippen LogP contribution in [0.2, 0.25) is 0 Å². The second-order valence-corrected chi connectivity index (χ2v) is 4.30. The van der Waals surface area contributed by atoms with Crippen molar-refractivity contribution < 1.29 is 30.9 Å². The van der Waals surface area contributed by atoms with E-state index in [0.717, 1.165) is 6.42 Å². The van der Waals surface area contributed by atoms with Gasteiger partial charge in [0.15, 0.2) is 0 Å². The standard InChI is InChI=1S/C10H15O2.W/c1-6-4-10(11)5-9(7(6)2)12-8(10)3;/h3,6-7,9,11H,4-5H2,1-2H3;/q-1;/t6-,7-,9-,10+;/m1./s1. The van der Waals surface area contributed by atoms with Gasteiger partial charge in [0, 0.05) is 27.5 Å². The average molecular weight is 351 g/mol. The van der Waals surface area contributed by atoms with Gasteiger partial charge in [0.2, 0.25) is 0 Å². The minimum absolute atomic E-state index is 0. The van der Waals surface area contributed by atoms with Crippen molar-refractivity contribution in [1.82, 2.24) is 0 Å². The molecule has 1 saturated heterocycles. The van der Waals surface area contributed by atoms with Crippen LogP contribution in [0.4, 0.5) is 0 Å². The smallest absolute Gasteiger partial charge is 0.0999 e. The normalized spacial score (nSPS) is 48.2. The Labute approximate surface area is 93.6 Å². The molecule has 2 bridgehead atoms. The fourth-order valence-corrected chi connectivity index (χ4v) is 2.31. The van der Waals surface area contributed by atoms with E-state index in [0.29, 0.717) is 24.0 Å². The fourth-order valence-electron chi connectivity index (χ4n) is 2.31. The van der Waals surface area contributed by atoms with Crippen molar-refractivity contribution in [3.63, 3.8) is 0 Å². The number of rotatable bonds is 0. The molecule has 2 fully saturated rings. The molecule has 4 atom stereocenters. The Hall–Kier alpha value is 0.188. The minimum Gasteiger partial charge on any atom is -0.528 e. The van der Waals surface area contributed by atoms with Crippen molar-refractivity contribution in [2.75, 3.05) is 0 Å². The second-order valence-electron chi connectivity index (χ2n) is 4.30. The quantitative estimate of drug-likeness (QED) is 0.671. The Morgan fingerprint density at radius 1 is 1.46 bits per heavy atom. The molecule has 2 nitrogen and oxygen atoms in total. The SMILES string of the molecule is [CH-]=C1O[C@@H]2C[C@@]1(O)C[C@@H](C)[C@H]2C.[W]. The zero-order chi connectivity index (χ0) is 8.93. The molecule has 0 aromatic carbocycles. The van der Waals surface area contributed by atoms with E-state index < -0.39 is 5.60 Å². The maximum absolute atomic E-state index is 9.99. The van der Waals surface area contributed by atoms with E-state index in [1.54, 1.807) is 0 Å². The third-order valence-corrected chi connectivity index (χ3v) is 3.42.